The fourth-order valence-corrected chi connectivity index (χ4v) is 11.7. The van der Waals surface area contributed by atoms with Crippen molar-refractivity contribution < 1.29 is 4.79 Å². The molecule has 1 nitrogen and oxygen atoms in total. The average Bonchev–Trinajstić information content (AvgIpc) is 3.04. The molecule has 4 saturated carbocycles. The molecule has 4 fully saturated rings. The van der Waals surface area contributed by atoms with Gasteiger partial charge >= 0.3 is 0 Å². The molecule has 0 unspecified atom stereocenters. The summed E-state index contributed by atoms with van der Waals surface area (Å²) in [5, 5.41) is 0. The Balaban J connectivity index is 0.998. The van der Waals surface area contributed by atoms with E-state index in [4.69, 9.17) is 0 Å². The minimum atomic E-state index is 0.240. The molecule has 0 saturated heterocycles. The van der Waals surface area contributed by atoms with Gasteiger partial charge in [-0.05, 0) is 126 Å². The average molecular weight is 915 g/mol. The van der Waals surface area contributed by atoms with Crippen LogP contribution in [-0.2, 0) is 4.79 Å². The maximum absolute atomic E-state index is 12.9. The van der Waals surface area contributed by atoms with Crippen LogP contribution >= 0.6 is 45.2 Å². The number of ketones is 1. The van der Waals surface area contributed by atoms with E-state index < -0.39 is 0 Å². The first-order valence-electron chi connectivity index (χ1n) is 22.8. The van der Waals surface area contributed by atoms with Crippen LogP contribution in [-0.4, -0.2) is 5.78 Å². The van der Waals surface area contributed by atoms with Crippen LogP contribution in [0, 0.1) is 35.5 Å². The zero-order valence-corrected chi connectivity index (χ0v) is 37.1. The topological polar surface area (TPSA) is 17.1 Å². The van der Waals surface area contributed by atoms with Crippen LogP contribution in [0.25, 0.3) is 0 Å². The zero-order chi connectivity index (χ0) is 35.1. The van der Waals surface area contributed by atoms with Gasteiger partial charge < -0.3 is 0 Å². The van der Waals surface area contributed by atoms with E-state index in [1.807, 2.05) is 12.2 Å². The lowest BCUT2D eigenvalue weighted by molar-refractivity contribution is -0.110. The lowest BCUT2D eigenvalue weighted by atomic mass is 9.72. The Morgan fingerprint density at radius 2 is 0.640 bits per heavy atom. The Morgan fingerprint density at radius 3 is 0.940 bits per heavy atom. The quantitative estimate of drug-likeness (QED) is 0.0857. The SMILES string of the molecule is O=C(C=C(I)C1CC(CCCCCC2CCCCCCCCCCC2)C1)C=C(I)C1CC(CCCCCC2CCCCCCCCCCC2)C1. The minimum Gasteiger partial charge on any atom is -0.290 e. The predicted molar refractivity (Wildman–Crippen MR) is 236 cm³/mol. The summed E-state index contributed by atoms with van der Waals surface area (Å²) in [5.74, 6) is 5.37. The second kappa shape index (κ2) is 27.2. The number of allylic oxidation sites excluding steroid dienone is 4. The highest BCUT2D eigenvalue weighted by Crippen LogP contribution is 2.45. The number of unbranched alkanes of at least 4 members (excludes halogenated alkanes) is 4. The fraction of sp³-hybridized carbons (Fsp3) is 0.894. The van der Waals surface area contributed by atoms with Crippen molar-refractivity contribution in [1.29, 1.82) is 0 Å². The normalized spacial score (nSPS) is 28.3. The zero-order valence-electron chi connectivity index (χ0n) is 32.7. The smallest absolute Gasteiger partial charge is 0.180 e. The van der Waals surface area contributed by atoms with E-state index in [0.717, 1.165) is 23.7 Å². The standard InChI is InChI=1S/C47H80I2O/c48-46(43-33-41(34-43)31-23-15-21-29-39-25-17-11-7-3-1-4-8-12-18-26-39)37-45(50)38-47(49)44-35-42(36-44)32-24-16-22-30-40-27-19-13-9-5-2-6-10-14-20-28-40/h37-44H,1-36H2. The highest BCUT2D eigenvalue weighted by molar-refractivity contribution is 14.1. The Morgan fingerprint density at radius 1 is 0.380 bits per heavy atom. The van der Waals surface area contributed by atoms with Gasteiger partial charge in [0.2, 0.25) is 0 Å². The summed E-state index contributed by atoms with van der Waals surface area (Å²) in [6.45, 7) is 0. The maximum atomic E-state index is 12.9. The first kappa shape index (κ1) is 43.3. The molecule has 3 heteroatoms. The van der Waals surface area contributed by atoms with Gasteiger partial charge in [0.1, 0.15) is 0 Å². The molecule has 50 heavy (non-hydrogen) atoms. The molecule has 0 aromatic rings. The maximum Gasteiger partial charge on any atom is 0.180 e. The van der Waals surface area contributed by atoms with E-state index in [1.165, 1.54) is 238 Å². The summed E-state index contributed by atoms with van der Waals surface area (Å²) in [5.41, 5.74) is 0. The molecule has 4 rings (SSSR count). The molecular weight excluding hydrogens is 834 g/mol. The Bertz CT molecular complexity index is 843. The molecule has 0 amide bonds. The number of rotatable bonds is 16. The van der Waals surface area contributed by atoms with Crippen LogP contribution in [0.1, 0.15) is 231 Å². The molecule has 0 heterocycles. The molecule has 0 radical (unpaired) electrons. The molecule has 4 aliphatic rings. The Labute approximate surface area is 339 Å². The molecule has 0 aliphatic heterocycles. The summed E-state index contributed by atoms with van der Waals surface area (Å²) in [6, 6.07) is 0. The van der Waals surface area contributed by atoms with Gasteiger partial charge in [-0.1, -0.05) is 205 Å². The van der Waals surface area contributed by atoms with Crippen LogP contribution in [0.15, 0.2) is 19.3 Å². The van der Waals surface area contributed by atoms with Gasteiger partial charge in [-0.15, -0.1) is 0 Å². The van der Waals surface area contributed by atoms with Gasteiger partial charge in [0, 0.05) is 0 Å². The highest BCUT2D eigenvalue weighted by Gasteiger charge is 2.32. The summed E-state index contributed by atoms with van der Waals surface area (Å²) in [7, 11) is 0. The Kier molecular flexibility index (Phi) is 23.6. The van der Waals surface area contributed by atoms with Crippen molar-refractivity contribution in [2.45, 2.75) is 231 Å². The molecule has 4 aliphatic carbocycles. The number of hydrogen-bond donors (Lipinski definition) is 0. The van der Waals surface area contributed by atoms with Crippen LogP contribution in [0.2, 0.25) is 0 Å². The first-order chi connectivity index (χ1) is 24.6. The van der Waals surface area contributed by atoms with Crippen molar-refractivity contribution in [1.82, 2.24) is 0 Å². The number of halogens is 2. The number of carbonyl (C=O) groups excluding carboxylic acids is 1. The summed E-state index contributed by atoms with van der Waals surface area (Å²) in [6.07, 6.45) is 56.4. The molecule has 0 atom stereocenters. The van der Waals surface area contributed by atoms with E-state index in [1.54, 1.807) is 0 Å². The van der Waals surface area contributed by atoms with E-state index in [0.29, 0.717) is 11.8 Å². The Hall–Kier alpha value is 0.610. The minimum absolute atomic E-state index is 0.240. The van der Waals surface area contributed by atoms with Crippen LogP contribution in [0.3, 0.4) is 0 Å². The number of carbonyl (C=O) groups is 1. The third kappa shape index (κ3) is 18.8. The summed E-state index contributed by atoms with van der Waals surface area (Å²) < 4.78 is 2.63. The predicted octanol–water partition coefficient (Wildman–Crippen LogP) is 17.0. The van der Waals surface area contributed by atoms with Crippen molar-refractivity contribution in [3.05, 3.63) is 19.3 Å². The van der Waals surface area contributed by atoms with Crippen molar-refractivity contribution >= 4 is 51.0 Å². The largest absolute Gasteiger partial charge is 0.290 e. The third-order valence-corrected chi connectivity index (χ3v) is 16.1. The van der Waals surface area contributed by atoms with Crippen molar-refractivity contribution in [2.75, 3.05) is 0 Å². The van der Waals surface area contributed by atoms with E-state index in [-0.39, 0.29) is 5.78 Å². The molecule has 0 aromatic carbocycles. The van der Waals surface area contributed by atoms with Gasteiger partial charge in [-0.3, -0.25) is 4.79 Å². The van der Waals surface area contributed by atoms with Crippen molar-refractivity contribution in [3.63, 3.8) is 0 Å². The third-order valence-electron chi connectivity index (χ3n) is 13.7. The van der Waals surface area contributed by atoms with Gasteiger partial charge in [-0.25, -0.2) is 0 Å². The van der Waals surface area contributed by atoms with Crippen molar-refractivity contribution in [2.24, 2.45) is 35.5 Å². The lowest BCUT2D eigenvalue weighted by Crippen LogP contribution is -2.24. The van der Waals surface area contributed by atoms with Crippen LogP contribution < -0.4 is 0 Å². The van der Waals surface area contributed by atoms with E-state index in [2.05, 4.69) is 45.2 Å². The monoisotopic (exact) mass is 914 g/mol. The second-order valence-corrected chi connectivity index (χ2v) is 20.5. The summed E-state index contributed by atoms with van der Waals surface area (Å²) in [4.78, 5) is 12.9. The van der Waals surface area contributed by atoms with E-state index in [9.17, 15) is 4.79 Å². The molecule has 288 valence electrons. The number of hydrogen-bond acceptors (Lipinski definition) is 1. The van der Waals surface area contributed by atoms with E-state index >= 15 is 0 Å². The van der Waals surface area contributed by atoms with Gasteiger partial charge in [-0.2, -0.15) is 0 Å². The van der Waals surface area contributed by atoms with Crippen molar-refractivity contribution in [3.8, 4) is 0 Å². The molecule has 0 spiro atoms. The fourth-order valence-electron chi connectivity index (χ4n) is 10.1. The lowest BCUT2D eigenvalue weighted by Gasteiger charge is -2.36. The van der Waals surface area contributed by atoms with Gasteiger partial charge in [0.05, 0.1) is 0 Å². The van der Waals surface area contributed by atoms with Crippen LogP contribution in [0.4, 0.5) is 0 Å². The van der Waals surface area contributed by atoms with Gasteiger partial charge in [0.25, 0.3) is 0 Å². The molecule has 0 bridgehead atoms. The summed E-state index contributed by atoms with van der Waals surface area (Å²) >= 11 is 4.96. The molecule has 0 N–H and O–H groups in total. The highest BCUT2D eigenvalue weighted by atomic mass is 127. The second-order valence-electron chi connectivity index (χ2n) is 18.1. The molecular formula is C47H80I2O. The molecule has 0 aromatic heterocycles. The van der Waals surface area contributed by atoms with Gasteiger partial charge in [0.15, 0.2) is 5.78 Å². The first-order valence-corrected chi connectivity index (χ1v) is 25.0. The van der Waals surface area contributed by atoms with Crippen LogP contribution in [0.5, 0.6) is 0 Å².